The Labute approximate surface area is 117 Å². The first-order valence-corrected chi connectivity index (χ1v) is 6.65. The first-order valence-electron chi connectivity index (χ1n) is 6.65. The molecule has 104 valence electrons. The summed E-state index contributed by atoms with van der Waals surface area (Å²) in [5.74, 6) is 1.13. The van der Waals surface area contributed by atoms with Gasteiger partial charge < -0.3 is 15.0 Å². The average molecular weight is 271 g/mol. The fourth-order valence-electron chi connectivity index (χ4n) is 2.28. The van der Waals surface area contributed by atoms with Gasteiger partial charge in [-0.1, -0.05) is 17.3 Å². The summed E-state index contributed by atoms with van der Waals surface area (Å²) < 4.78 is 10.8. The molecule has 1 fully saturated rings. The average Bonchev–Trinajstić information content (AvgIpc) is 2.87. The molecule has 0 amide bonds. The molecule has 1 saturated carbocycles. The van der Waals surface area contributed by atoms with Crippen molar-refractivity contribution < 1.29 is 9.26 Å². The monoisotopic (exact) mass is 271 g/mol. The number of nitrogens with two attached hydrogens (primary N) is 1. The Kier molecular flexibility index (Phi) is 3.28. The summed E-state index contributed by atoms with van der Waals surface area (Å²) in [5.41, 5.74) is 7.08. The number of anilines is 1. The zero-order valence-corrected chi connectivity index (χ0v) is 11.4. The van der Waals surface area contributed by atoms with Gasteiger partial charge in [0, 0.05) is 18.9 Å². The summed E-state index contributed by atoms with van der Waals surface area (Å²) in [4.78, 5) is 4.39. The Morgan fingerprint density at radius 3 is 2.60 bits per heavy atom. The number of hydrogen-bond acceptors (Lipinski definition) is 5. The summed E-state index contributed by atoms with van der Waals surface area (Å²) in [6.07, 6.45) is 6.74. The maximum Gasteiger partial charge on any atom is 0.250 e. The molecule has 2 aromatic rings. The van der Waals surface area contributed by atoms with Crippen LogP contribution in [0.5, 0.6) is 0 Å². The van der Waals surface area contributed by atoms with Crippen LogP contribution in [0.4, 0.5) is 5.69 Å². The van der Waals surface area contributed by atoms with E-state index >= 15 is 0 Å². The van der Waals surface area contributed by atoms with Crippen LogP contribution in [0.25, 0.3) is 12.2 Å². The summed E-state index contributed by atoms with van der Waals surface area (Å²) in [6.45, 7) is 0. The van der Waals surface area contributed by atoms with Crippen molar-refractivity contribution in [2.75, 3.05) is 12.8 Å². The largest absolute Gasteiger partial charge is 0.399 e. The minimum Gasteiger partial charge on any atom is -0.399 e. The number of aromatic nitrogens is 2. The van der Waals surface area contributed by atoms with Gasteiger partial charge in [-0.05, 0) is 43.0 Å². The first kappa shape index (κ1) is 12.9. The fraction of sp³-hybridized carbons (Fsp3) is 0.333. The quantitative estimate of drug-likeness (QED) is 0.865. The predicted molar refractivity (Wildman–Crippen MR) is 76.6 cm³/mol. The highest BCUT2D eigenvalue weighted by molar-refractivity contribution is 5.66. The van der Waals surface area contributed by atoms with Crippen molar-refractivity contribution >= 4 is 17.8 Å². The van der Waals surface area contributed by atoms with Crippen molar-refractivity contribution in [1.29, 1.82) is 0 Å². The molecule has 5 heteroatoms. The molecule has 1 aromatic carbocycles. The van der Waals surface area contributed by atoms with Crippen LogP contribution in [0, 0.1) is 0 Å². The van der Waals surface area contributed by atoms with Gasteiger partial charge in [0.1, 0.15) is 5.60 Å². The van der Waals surface area contributed by atoms with E-state index in [1.807, 2.05) is 30.3 Å². The van der Waals surface area contributed by atoms with Gasteiger partial charge >= 0.3 is 0 Å². The van der Waals surface area contributed by atoms with Crippen molar-refractivity contribution in [2.24, 2.45) is 0 Å². The molecule has 20 heavy (non-hydrogen) atoms. The van der Waals surface area contributed by atoms with Gasteiger partial charge in [0.15, 0.2) is 0 Å². The SMILES string of the molecule is COC1(c2noc(/C=C/c3ccc(N)cc3)n2)CCC1. The zero-order chi connectivity index (χ0) is 14.0. The molecule has 1 aliphatic rings. The molecule has 1 aromatic heterocycles. The normalized spacial score (nSPS) is 17.2. The van der Waals surface area contributed by atoms with Crippen LogP contribution in [0.15, 0.2) is 28.8 Å². The van der Waals surface area contributed by atoms with Crippen molar-refractivity contribution in [3.8, 4) is 0 Å². The van der Waals surface area contributed by atoms with Gasteiger partial charge in [0.2, 0.25) is 5.82 Å². The summed E-state index contributed by atoms with van der Waals surface area (Å²) in [5, 5.41) is 4.03. The minimum atomic E-state index is -0.337. The smallest absolute Gasteiger partial charge is 0.250 e. The van der Waals surface area contributed by atoms with E-state index in [1.54, 1.807) is 13.2 Å². The van der Waals surface area contributed by atoms with Crippen molar-refractivity contribution in [2.45, 2.75) is 24.9 Å². The van der Waals surface area contributed by atoms with Crippen molar-refractivity contribution in [3.63, 3.8) is 0 Å². The van der Waals surface area contributed by atoms with Gasteiger partial charge in [0.05, 0.1) is 0 Å². The molecule has 0 radical (unpaired) electrons. The minimum absolute atomic E-state index is 0.337. The number of hydrogen-bond donors (Lipinski definition) is 1. The van der Waals surface area contributed by atoms with Crippen LogP contribution >= 0.6 is 0 Å². The van der Waals surface area contributed by atoms with E-state index in [1.165, 1.54) is 0 Å². The van der Waals surface area contributed by atoms with Gasteiger partial charge in [0.25, 0.3) is 5.89 Å². The maximum absolute atomic E-state index is 5.64. The lowest BCUT2D eigenvalue weighted by molar-refractivity contribution is -0.0858. The lowest BCUT2D eigenvalue weighted by atomic mass is 9.79. The van der Waals surface area contributed by atoms with Crippen LogP contribution < -0.4 is 5.73 Å². The molecule has 0 aliphatic heterocycles. The molecule has 1 aliphatic carbocycles. The summed E-state index contributed by atoms with van der Waals surface area (Å²) in [7, 11) is 1.69. The van der Waals surface area contributed by atoms with Crippen LogP contribution in [0.2, 0.25) is 0 Å². The molecular weight excluding hydrogens is 254 g/mol. The van der Waals surface area contributed by atoms with E-state index in [9.17, 15) is 0 Å². The Balaban J connectivity index is 1.75. The molecule has 3 rings (SSSR count). The second-order valence-corrected chi connectivity index (χ2v) is 5.01. The van der Waals surface area contributed by atoms with Crippen LogP contribution in [0.1, 0.15) is 36.5 Å². The van der Waals surface area contributed by atoms with Crippen molar-refractivity contribution in [1.82, 2.24) is 10.1 Å². The predicted octanol–water partition coefficient (Wildman–Crippen LogP) is 2.85. The number of methoxy groups -OCH3 is 1. The van der Waals surface area contributed by atoms with Gasteiger partial charge in [-0.15, -0.1) is 0 Å². The topological polar surface area (TPSA) is 74.2 Å². The van der Waals surface area contributed by atoms with E-state index in [0.717, 1.165) is 30.5 Å². The Hall–Kier alpha value is -2.14. The van der Waals surface area contributed by atoms with E-state index in [2.05, 4.69) is 10.1 Å². The second-order valence-electron chi connectivity index (χ2n) is 5.01. The second kappa shape index (κ2) is 5.09. The number of ether oxygens (including phenoxy) is 1. The maximum atomic E-state index is 5.64. The third-order valence-corrected chi connectivity index (χ3v) is 3.76. The highest BCUT2D eigenvalue weighted by atomic mass is 16.5. The third-order valence-electron chi connectivity index (χ3n) is 3.76. The van der Waals surface area contributed by atoms with Gasteiger partial charge in [-0.25, -0.2) is 0 Å². The van der Waals surface area contributed by atoms with Crippen molar-refractivity contribution in [3.05, 3.63) is 41.5 Å². The van der Waals surface area contributed by atoms with E-state index < -0.39 is 0 Å². The molecule has 0 saturated heterocycles. The highest BCUT2D eigenvalue weighted by Crippen LogP contribution is 2.42. The standard InChI is InChI=1S/C15H17N3O2/c1-19-15(9-2-10-15)14-17-13(20-18-14)8-5-11-3-6-12(16)7-4-11/h3-8H,2,9-10,16H2,1H3/b8-5+. The fourth-order valence-corrected chi connectivity index (χ4v) is 2.28. The Morgan fingerprint density at radius 2 is 2.00 bits per heavy atom. The molecule has 0 atom stereocenters. The summed E-state index contributed by atoms with van der Waals surface area (Å²) >= 11 is 0. The molecular formula is C15H17N3O2. The number of nitrogens with zero attached hydrogens (tertiary/aromatic N) is 2. The van der Waals surface area contributed by atoms with E-state index in [0.29, 0.717) is 11.7 Å². The lowest BCUT2D eigenvalue weighted by Crippen LogP contribution is -2.37. The van der Waals surface area contributed by atoms with Gasteiger partial charge in [-0.3, -0.25) is 0 Å². The van der Waals surface area contributed by atoms with Crippen LogP contribution in [0.3, 0.4) is 0 Å². The molecule has 1 heterocycles. The lowest BCUT2D eigenvalue weighted by Gasteiger charge is -2.37. The van der Waals surface area contributed by atoms with E-state index in [4.69, 9.17) is 15.0 Å². The molecule has 5 nitrogen and oxygen atoms in total. The van der Waals surface area contributed by atoms with Crippen LogP contribution in [-0.2, 0) is 10.3 Å². The third kappa shape index (κ3) is 2.32. The zero-order valence-electron chi connectivity index (χ0n) is 11.4. The molecule has 0 spiro atoms. The number of benzene rings is 1. The summed E-state index contributed by atoms with van der Waals surface area (Å²) in [6, 6.07) is 7.58. The Morgan fingerprint density at radius 1 is 1.25 bits per heavy atom. The molecule has 0 unspecified atom stereocenters. The van der Waals surface area contributed by atoms with Crippen LogP contribution in [-0.4, -0.2) is 17.3 Å². The Bertz CT molecular complexity index is 607. The van der Waals surface area contributed by atoms with E-state index in [-0.39, 0.29) is 5.60 Å². The molecule has 0 bridgehead atoms. The highest BCUT2D eigenvalue weighted by Gasteiger charge is 2.43. The molecule has 2 N–H and O–H groups in total. The first-order chi connectivity index (χ1) is 9.72. The van der Waals surface area contributed by atoms with Gasteiger partial charge in [-0.2, -0.15) is 4.98 Å². The number of rotatable bonds is 4. The number of nitrogen functional groups attached to an aromatic ring is 1.